The summed E-state index contributed by atoms with van der Waals surface area (Å²) in [6.45, 7) is 1.93. The molecule has 2 aromatic carbocycles. The fraction of sp³-hybridized carbons (Fsp3) is 0.0526. The third kappa shape index (κ3) is 2.72. The van der Waals surface area contributed by atoms with Crippen molar-refractivity contribution in [1.82, 2.24) is 4.98 Å². The van der Waals surface area contributed by atoms with Gasteiger partial charge in [0.15, 0.2) is 0 Å². The van der Waals surface area contributed by atoms with Crippen LogP contribution < -0.4 is 0 Å². The molecule has 0 aliphatic carbocycles. The van der Waals surface area contributed by atoms with E-state index in [9.17, 15) is 15.2 Å². The zero-order valence-electron chi connectivity index (χ0n) is 12.5. The average Bonchev–Trinajstić information content (AvgIpc) is 2.97. The van der Waals surface area contributed by atoms with Gasteiger partial charge in [-0.3, -0.25) is 4.79 Å². The van der Waals surface area contributed by atoms with E-state index in [0.29, 0.717) is 11.1 Å². The second kappa shape index (κ2) is 5.82. The summed E-state index contributed by atoms with van der Waals surface area (Å²) in [7, 11) is 0. The van der Waals surface area contributed by atoms with E-state index >= 15 is 0 Å². The predicted molar refractivity (Wildman–Crippen MR) is 89.1 cm³/mol. The highest BCUT2D eigenvalue weighted by molar-refractivity contribution is 6.20. The fourth-order valence-corrected chi connectivity index (χ4v) is 2.62. The molecule has 23 heavy (non-hydrogen) atoms. The number of benzene rings is 2. The number of rotatable bonds is 3. The number of Topliss-reactive ketones (excluding diaryl/α,β-unsaturated/α-hetero) is 1. The van der Waals surface area contributed by atoms with Crippen molar-refractivity contribution in [2.75, 3.05) is 0 Å². The summed E-state index contributed by atoms with van der Waals surface area (Å²) in [5.74, 6) is -0.247. The standard InChI is InChI=1S/C19H14N2O2/c1-12-4-2-7-17-18(12)16(11-21-17)19(23)14(10-20)8-13-5-3-6-15(22)9-13/h2-9,11,21-22H,1H3/b14-8+. The van der Waals surface area contributed by atoms with Crippen LogP contribution in [0.3, 0.4) is 0 Å². The second-order valence-corrected chi connectivity index (χ2v) is 5.29. The number of fused-ring (bicyclic) bond motifs is 1. The number of nitrogens with one attached hydrogen (secondary N) is 1. The number of carbonyl (C=O) groups excluding carboxylic acids is 1. The molecule has 0 radical (unpaired) electrons. The molecule has 1 aromatic heterocycles. The maximum atomic E-state index is 12.7. The Labute approximate surface area is 133 Å². The number of allylic oxidation sites excluding steroid dienone is 1. The molecule has 3 aromatic rings. The number of ketones is 1. The molecule has 0 unspecified atom stereocenters. The summed E-state index contributed by atoms with van der Waals surface area (Å²) < 4.78 is 0. The van der Waals surface area contributed by atoms with Gasteiger partial charge in [-0.25, -0.2) is 0 Å². The molecule has 0 atom stereocenters. The van der Waals surface area contributed by atoms with Crippen LogP contribution in [0.1, 0.15) is 21.5 Å². The Morgan fingerprint density at radius 3 is 2.78 bits per heavy atom. The van der Waals surface area contributed by atoms with Gasteiger partial charge in [-0.15, -0.1) is 0 Å². The van der Waals surface area contributed by atoms with Crippen LogP contribution in [0, 0.1) is 18.3 Å². The molecular formula is C19H14N2O2. The van der Waals surface area contributed by atoms with E-state index < -0.39 is 0 Å². The first kappa shape index (κ1) is 14.6. The van der Waals surface area contributed by atoms with E-state index in [2.05, 4.69) is 4.98 Å². The topological polar surface area (TPSA) is 76.9 Å². The molecule has 0 bridgehead atoms. The highest BCUT2D eigenvalue weighted by atomic mass is 16.3. The molecular weight excluding hydrogens is 288 g/mol. The molecule has 112 valence electrons. The number of nitrogens with zero attached hydrogens (tertiary/aromatic N) is 1. The van der Waals surface area contributed by atoms with Crippen LogP contribution >= 0.6 is 0 Å². The van der Waals surface area contributed by atoms with E-state index in [0.717, 1.165) is 16.5 Å². The molecule has 0 aliphatic heterocycles. The number of aromatic amines is 1. The van der Waals surface area contributed by atoms with Gasteiger partial charge in [-0.05, 0) is 42.3 Å². The highest BCUT2D eigenvalue weighted by Gasteiger charge is 2.17. The third-order valence-corrected chi connectivity index (χ3v) is 3.71. The summed E-state index contributed by atoms with van der Waals surface area (Å²) in [5, 5.41) is 19.7. The van der Waals surface area contributed by atoms with E-state index in [1.807, 2.05) is 31.2 Å². The van der Waals surface area contributed by atoms with Gasteiger partial charge in [0.25, 0.3) is 0 Å². The molecule has 0 saturated carbocycles. The van der Waals surface area contributed by atoms with Crippen molar-refractivity contribution < 1.29 is 9.90 Å². The minimum absolute atomic E-state index is 0.0275. The number of aromatic nitrogens is 1. The smallest absolute Gasteiger partial charge is 0.205 e. The number of carbonyl (C=O) groups is 1. The maximum Gasteiger partial charge on any atom is 0.205 e. The fourth-order valence-electron chi connectivity index (χ4n) is 2.62. The van der Waals surface area contributed by atoms with Crippen LogP contribution in [-0.4, -0.2) is 15.9 Å². The van der Waals surface area contributed by atoms with Gasteiger partial charge >= 0.3 is 0 Å². The van der Waals surface area contributed by atoms with Gasteiger partial charge in [0, 0.05) is 22.7 Å². The van der Waals surface area contributed by atoms with Crippen LogP contribution in [0.5, 0.6) is 5.75 Å². The van der Waals surface area contributed by atoms with E-state index in [-0.39, 0.29) is 17.1 Å². The number of nitriles is 1. The summed E-state index contributed by atoms with van der Waals surface area (Å²) in [6, 6.07) is 14.1. The Morgan fingerprint density at radius 1 is 1.26 bits per heavy atom. The van der Waals surface area contributed by atoms with Gasteiger partial charge < -0.3 is 10.1 Å². The lowest BCUT2D eigenvalue weighted by Gasteiger charge is -2.01. The zero-order chi connectivity index (χ0) is 16.4. The van der Waals surface area contributed by atoms with Crippen LogP contribution in [0.2, 0.25) is 0 Å². The normalized spacial score (nSPS) is 11.4. The van der Waals surface area contributed by atoms with Crippen molar-refractivity contribution in [3.05, 3.63) is 70.9 Å². The van der Waals surface area contributed by atoms with Crippen LogP contribution in [0.4, 0.5) is 0 Å². The molecule has 0 fully saturated rings. The largest absolute Gasteiger partial charge is 0.508 e. The van der Waals surface area contributed by atoms with Crippen molar-refractivity contribution in [3.63, 3.8) is 0 Å². The first-order chi connectivity index (χ1) is 11.1. The Morgan fingerprint density at radius 2 is 2.04 bits per heavy atom. The van der Waals surface area contributed by atoms with Crippen LogP contribution in [0.15, 0.2) is 54.2 Å². The Kier molecular flexibility index (Phi) is 3.70. The average molecular weight is 302 g/mol. The van der Waals surface area contributed by atoms with Gasteiger partial charge in [0.1, 0.15) is 17.4 Å². The van der Waals surface area contributed by atoms with Crippen molar-refractivity contribution >= 4 is 22.8 Å². The van der Waals surface area contributed by atoms with E-state index in [1.165, 1.54) is 18.2 Å². The molecule has 3 rings (SSSR count). The number of aryl methyl sites for hydroxylation is 1. The van der Waals surface area contributed by atoms with Gasteiger partial charge in [-0.2, -0.15) is 5.26 Å². The van der Waals surface area contributed by atoms with Gasteiger partial charge in [-0.1, -0.05) is 24.3 Å². The van der Waals surface area contributed by atoms with Crippen LogP contribution in [0.25, 0.3) is 17.0 Å². The van der Waals surface area contributed by atoms with Gasteiger partial charge in [0.2, 0.25) is 5.78 Å². The first-order valence-corrected chi connectivity index (χ1v) is 7.12. The van der Waals surface area contributed by atoms with E-state index in [1.54, 1.807) is 18.3 Å². The van der Waals surface area contributed by atoms with Crippen molar-refractivity contribution in [2.45, 2.75) is 6.92 Å². The highest BCUT2D eigenvalue weighted by Crippen LogP contribution is 2.25. The molecule has 4 nitrogen and oxygen atoms in total. The summed E-state index contributed by atoms with van der Waals surface area (Å²) in [4.78, 5) is 15.8. The molecule has 0 amide bonds. The quantitative estimate of drug-likeness (QED) is 0.436. The summed E-state index contributed by atoms with van der Waals surface area (Å²) in [6.07, 6.45) is 3.12. The molecule has 1 heterocycles. The molecule has 0 saturated heterocycles. The monoisotopic (exact) mass is 302 g/mol. The molecule has 0 spiro atoms. The Balaban J connectivity index is 2.08. The Hall–Kier alpha value is -3.32. The third-order valence-electron chi connectivity index (χ3n) is 3.71. The maximum absolute atomic E-state index is 12.7. The number of phenols is 1. The van der Waals surface area contributed by atoms with Crippen molar-refractivity contribution in [3.8, 4) is 11.8 Å². The SMILES string of the molecule is Cc1cccc2[nH]cc(C(=O)/C(C#N)=C/c3cccc(O)c3)c12. The molecule has 0 aliphatic rings. The number of hydrogen-bond acceptors (Lipinski definition) is 3. The lowest BCUT2D eigenvalue weighted by molar-refractivity contribution is 0.104. The number of H-pyrrole nitrogens is 1. The Bertz CT molecular complexity index is 974. The number of aromatic hydroxyl groups is 1. The second-order valence-electron chi connectivity index (χ2n) is 5.29. The lowest BCUT2D eigenvalue weighted by Crippen LogP contribution is -2.01. The minimum atomic E-state index is -0.337. The van der Waals surface area contributed by atoms with Crippen molar-refractivity contribution in [2.24, 2.45) is 0 Å². The summed E-state index contributed by atoms with van der Waals surface area (Å²) >= 11 is 0. The first-order valence-electron chi connectivity index (χ1n) is 7.12. The predicted octanol–water partition coefficient (Wildman–Crippen LogP) is 3.97. The summed E-state index contributed by atoms with van der Waals surface area (Å²) in [5.41, 5.74) is 2.95. The lowest BCUT2D eigenvalue weighted by atomic mass is 9.99. The minimum Gasteiger partial charge on any atom is -0.508 e. The van der Waals surface area contributed by atoms with E-state index in [4.69, 9.17) is 0 Å². The molecule has 4 heteroatoms. The van der Waals surface area contributed by atoms with Gasteiger partial charge in [0.05, 0.1) is 0 Å². The zero-order valence-corrected chi connectivity index (χ0v) is 12.5. The van der Waals surface area contributed by atoms with Crippen molar-refractivity contribution in [1.29, 1.82) is 5.26 Å². The van der Waals surface area contributed by atoms with Crippen LogP contribution in [-0.2, 0) is 0 Å². The number of hydrogen-bond donors (Lipinski definition) is 2. The molecule has 2 N–H and O–H groups in total. The number of phenolic OH excluding ortho intramolecular Hbond substituents is 1.